The average Bonchev–Trinajstić information content (AvgIpc) is 2.91. The third-order valence-corrected chi connectivity index (χ3v) is 5.08. The number of carbonyl (C=O) groups is 1. The predicted octanol–water partition coefficient (Wildman–Crippen LogP) is 3.03. The SMILES string of the molecule is Cc1ccc2oc3c(c2c1)N=CN(C)C3N1CCN(C(=O)O)C(C)C1. The van der Waals surface area contributed by atoms with Gasteiger partial charge in [-0.1, -0.05) is 11.6 Å². The second kappa shape index (κ2) is 5.77. The first-order chi connectivity index (χ1) is 12.0. The molecule has 25 heavy (non-hydrogen) atoms. The van der Waals surface area contributed by atoms with Gasteiger partial charge in [0.2, 0.25) is 0 Å². The van der Waals surface area contributed by atoms with E-state index in [9.17, 15) is 9.90 Å². The van der Waals surface area contributed by atoms with Gasteiger partial charge in [-0.05, 0) is 26.0 Å². The molecule has 7 nitrogen and oxygen atoms in total. The molecule has 2 aliphatic rings. The molecule has 1 amide bonds. The highest BCUT2D eigenvalue weighted by atomic mass is 16.4. The van der Waals surface area contributed by atoms with Crippen LogP contribution in [0.25, 0.3) is 11.0 Å². The molecule has 1 aromatic heterocycles. The fraction of sp³-hybridized carbons (Fsp3) is 0.444. The van der Waals surface area contributed by atoms with Crippen LogP contribution in [0.2, 0.25) is 0 Å². The van der Waals surface area contributed by atoms with Crippen LogP contribution in [0.3, 0.4) is 0 Å². The Hall–Kier alpha value is -2.54. The summed E-state index contributed by atoms with van der Waals surface area (Å²) < 4.78 is 6.16. The Bertz CT molecular complexity index is 859. The monoisotopic (exact) mass is 342 g/mol. The van der Waals surface area contributed by atoms with Crippen LogP contribution in [0.5, 0.6) is 0 Å². The summed E-state index contributed by atoms with van der Waals surface area (Å²) in [4.78, 5) is 21.7. The van der Waals surface area contributed by atoms with Crippen molar-refractivity contribution in [2.75, 3.05) is 26.7 Å². The van der Waals surface area contributed by atoms with Crippen LogP contribution in [0, 0.1) is 6.92 Å². The second-order valence-electron chi connectivity index (χ2n) is 6.92. The molecule has 0 aliphatic carbocycles. The number of furan rings is 1. The summed E-state index contributed by atoms with van der Waals surface area (Å²) in [6.07, 6.45) is 0.905. The first-order valence-corrected chi connectivity index (χ1v) is 8.48. The minimum Gasteiger partial charge on any atom is -0.465 e. The van der Waals surface area contributed by atoms with Crippen LogP contribution < -0.4 is 0 Å². The van der Waals surface area contributed by atoms with Crippen molar-refractivity contribution in [3.63, 3.8) is 0 Å². The van der Waals surface area contributed by atoms with Crippen molar-refractivity contribution in [2.24, 2.45) is 4.99 Å². The average molecular weight is 342 g/mol. The maximum atomic E-state index is 11.3. The Labute approximate surface area is 146 Å². The topological polar surface area (TPSA) is 72.5 Å². The molecule has 132 valence electrons. The normalized spacial score (nSPS) is 24.0. The fourth-order valence-corrected chi connectivity index (χ4v) is 3.84. The molecule has 0 saturated carbocycles. The van der Waals surface area contributed by atoms with Gasteiger partial charge in [0.1, 0.15) is 17.4 Å². The summed E-state index contributed by atoms with van der Waals surface area (Å²) >= 11 is 0. The first kappa shape index (κ1) is 16.0. The number of piperazine rings is 1. The number of rotatable bonds is 1. The fourth-order valence-electron chi connectivity index (χ4n) is 3.84. The molecule has 2 aromatic rings. The number of amides is 1. The Morgan fingerprint density at radius 1 is 1.36 bits per heavy atom. The summed E-state index contributed by atoms with van der Waals surface area (Å²) in [6, 6.07) is 6.06. The van der Waals surface area contributed by atoms with Gasteiger partial charge in [-0.25, -0.2) is 9.79 Å². The molecule has 2 atom stereocenters. The molecule has 1 N–H and O–H groups in total. The van der Waals surface area contributed by atoms with Crippen LogP contribution in [-0.4, -0.2) is 65.0 Å². The highest BCUT2D eigenvalue weighted by Gasteiger charge is 2.37. The van der Waals surface area contributed by atoms with Gasteiger partial charge in [0.05, 0.1) is 6.34 Å². The number of aliphatic imine (C=N–C) groups is 1. The molecule has 1 saturated heterocycles. The Kier molecular flexibility index (Phi) is 3.68. The van der Waals surface area contributed by atoms with Crippen molar-refractivity contribution in [2.45, 2.75) is 26.1 Å². The molecular weight excluding hydrogens is 320 g/mol. The molecule has 2 unspecified atom stereocenters. The summed E-state index contributed by atoms with van der Waals surface area (Å²) in [5.41, 5.74) is 2.89. The van der Waals surface area contributed by atoms with E-state index >= 15 is 0 Å². The van der Waals surface area contributed by atoms with Crippen LogP contribution in [0.4, 0.5) is 10.5 Å². The van der Waals surface area contributed by atoms with E-state index in [0.717, 1.165) is 22.4 Å². The van der Waals surface area contributed by atoms with Gasteiger partial charge in [0.25, 0.3) is 0 Å². The maximum absolute atomic E-state index is 11.3. The quantitative estimate of drug-likeness (QED) is 0.862. The first-order valence-electron chi connectivity index (χ1n) is 8.48. The zero-order chi connectivity index (χ0) is 17.7. The van der Waals surface area contributed by atoms with E-state index in [-0.39, 0.29) is 12.2 Å². The van der Waals surface area contributed by atoms with Crippen molar-refractivity contribution in [1.82, 2.24) is 14.7 Å². The number of aryl methyl sites for hydroxylation is 1. The van der Waals surface area contributed by atoms with Gasteiger partial charge in [-0.3, -0.25) is 4.90 Å². The number of benzene rings is 1. The van der Waals surface area contributed by atoms with Crippen molar-refractivity contribution >= 4 is 29.1 Å². The van der Waals surface area contributed by atoms with Crippen molar-refractivity contribution < 1.29 is 14.3 Å². The lowest BCUT2D eigenvalue weighted by Gasteiger charge is -2.44. The van der Waals surface area contributed by atoms with Gasteiger partial charge in [-0.15, -0.1) is 0 Å². The lowest BCUT2D eigenvalue weighted by atomic mass is 10.1. The molecule has 3 heterocycles. The third kappa shape index (κ3) is 2.55. The molecule has 1 fully saturated rings. The van der Waals surface area contributed by atoms with Gasteiger partial charge in [0, 0.05) is 38.1 Å². The lowest BCUT2D eigenvalue weighted by molar-refractivity contribution is 0.0149. The summed E-state index contributed by atoms with van der Waals surface area (Å²) in [5.74, 6) is 0.835. The number of nitrogens with zero attached hydrogens (tertiary/aromatic N) is 4. The Morgan fingerprint density at radius 2 is 2.16 bits per heavy atom. The molecule has 7 heteroatoms. The second-order valence-corrected chi connectivity index (χ2v) is 6.92. The van der Waals surface area contributed by atoms with Crippen molar-refractivity contribution in [1.29, 1.82) is 0 Å². The predicted molar refractivity (Wildman–Crippen MR) is 95.4 cm³/mol. The lowest BCUT2D eigenvalue weighted by Crippen LogP contribution is -2.56. The van der Waals surface area contributed by atoms with E-state index in [1.165, 1.54) is 10.5 Å². The van der Waals surface area contributed by atoms with E-state index in [1.54, 1.807) is 0 Å². The van der Waals surface area contributed by atoms with Gasteiger partial charge < -0.3 is 19.3 Å². The van der Waals surface area contributed by atoms with Gasteiger partial charge in [0.15, 0.2) is 5.76 Å². The number of fused-ring (bicyclic) bond motifs is 3. The minimum atomic E-state index is -0.856. The van der Waals surface area contributed by atoms with Crippen LogP contribution in [0.15, 0.2) is 27.6 Å². The Morgan fingerprint density at radius 3 is 2.88 bits per heavy atom. The molecule has 0 radical (unpaired) electrons. The largest absolute Gasteiger partial charge is 0.465 e. The van der Waals surface area contributed by atoms with Crippen LogP contribution in [0.1, 0.15) is 24.4 Å². The van der Waals surface area contributed by atoms with E-state index in [0.29, 0.717) is 19.6 Å². The standard InChI is InChI=1S/C18H22N4O3/c1-11-4-5-14-13(8-11)15-16(25-14)17(20(3)10-19-15)21-6-7-22(18(23)24)12(2)9-21/h4-5,8,10,12,17H,6-7,9H2,1-3H3,(H,23,24). The number of carboxylic acid groups (broad SMARTS) is 1. The summed E-state index contributed by atoms with van der Waals surface area (Å²) in [7, 11) is 1.98. The minimum absolute atomic E-state index is 0.0615. The number of hydrogen-bond acceptors (Lipinski definition) is 5. The van der Waals surface area contributed by atoms with Gasteiger partial charge >= 0.3 is 6.09 Å². The smallest absolute Gasteiger partial charge is 0.407 e. The zero-order valence-corrected chi connectivity index (χ0v) is 14.6. The Balaban J connectivity index is 1.71. The van der Waals surface area contributed by atoms with E-state index < -0.39 is 6.09 Å². The molecular formula is C18H22N4O3. The molecule has 1 aromatic carbocycles. The molecule has 0 bridgehead atoms. The third-order valence-electron chi connectivity index (χ3n) is 5.08. The van der Waals surface area contributed by atoms with E-state index in [4.69, 9.17) is 4.42 Å². The number of hydrogen-bond donors (Lipinski definition) is 1. The highest BCUT2D eigenvalue weighted by Crippen LogP contribution is 2.42. The highest BCUT2D eigenvalue weighted by molar-refractivity contribution is 5.93. The van der Waals surface area contributed by atoms with Gasteiger partial charge in [-0.2, -0.15) is 0 Å². The zero-order valence-electron chi connectivity index (χ0n) is 14.6. The maximum Gasteiger partial charge on any atom is 0.407 e. The summed E-state index contributed by atoms with van der Waals surface area (Å²) in [6.45, 7) is 5.81. The van der Waals surface area contributed by atoms with E-state index in [1.807, 2.05) is 37.3 Å². The van der Waals surface area contributed by atoms with Crippen LogP contribution >= 0.6 is 0 Å². The van der Waals surface area contributed by atoms with E-state index in [2.05, 4.69) is 22.9 Å². The van der Waals surface area contributed by atoms with Crippen molar-refractivity contribution in [3.05, 3.63) is 29.5 Å². The van der Waals surface area contributed by atoms with Crippen LogP contribution in [-0.2, 0) is 0 Å². The molecule has 4 rings (SSSR count). The molecule has 2 aliphatic heterocycles. The van der Waals surface area contributed by atoms with Crippen molar-refractivity contribution in [3.8, 4) is 0 Å². The summed E-state index contributed by atoms with van der Waals surface area (Å²) in [5, 5.41) is 10.3. The molecule has 0 spiro atoms.